The van der Waals surface area contributed by atoms with Gasteiger partial charge < -0.3 is 24.8 Å². The minimum absolute atomic E-state index is 0.102. The summed E-state index contributed by atoms with van der Waals surface area (Å²) in [5.74, 6) is -0.631. The van der Waals surface area contributed by atoms with Crippen molar-refractivity contribution in [1.29, 1.82) is 0 Å². The molecule has 0 saturated carbocycles. The highest BCUT2D eigenvalue weighted by Gasteiger charge is 2.28. The molecule has 2 rings (SSSR count). The normalized spacial score (nSPS) is 13.5. The summed E-state index contributed by atoms with van der Waals surface area (Å²) in [6.45, 7) is 8.09. The average molecular weight is 481 g/mol. The first-order valence-corrected chi connectivity index (χ1v) is 11.7. The molecule has 2 heterocycles. The first-order valence-electron chi connectivity index (χ1n) is 11.7. The van der Waals surface area contributed by atoms with E-state index in [0.29, 0.717) is 70.5 Å². The van der Waals surface area contributed by atoms with Gasteiger partial charge in [0.2, 0.25) is 0 Å². The van der Waals surface area contributed by atoms with Crippen LogP contribution in [-0.4, -0.2) is 90.5 Å². The Hall–Kier alpha value is -2.83. The maximum Gasteiger partial charge on any atom is 0.314 e. The molecule has 4 amide bonds. The van der Waals surface area contributed by atoms with E-state index >= 15 is 0 Å². The van der Waals surface area contributed by atoms with Crippen molar-refractivity contribution < 1.29 is 28.6 Å². The zero-order valence-corrected chi connectivity index (χ0v) is 20.1. The number of hydrogen-bond acceptors (Lipinski definition) is 8. The second kappa shape index (κ2) is 15.9. The quantitative estimate of drug-likeness (QED) is 0.231. The van der Waals surface area contributed by atoms with E-state index in [2.05, 4.69) is 27.9 Å². The minimum atomic E-state index is -0.331. The van der Waals surface area contributed by atoms with Crippen LogP contribution in [0.5, 0.6) is 0 Å². The number of carbonyl (C=O) groups excluding carboxylic acids is 3. The zero-order chi connectivity index (χ0) is 24.6. The van der Waals surface area contributed by atoms with E-state index in [1.54, 1.807) is 17.8 Å². The Balaban J connectivity index is 1.39. The molecule has 0 unspecified atom stereocenters. The molecule has 1 aromatic heterocycles. The molecule has 34 heavy (non-hydrogen) atoms. The Morgan fingerprint density at radius 2 is 1.65 bits per heavy atom. The number of ether oxygens (including phenoxy) is 3. The first-order chi connectivity index (χ1) is 16.5. The van der Waals surface area contributed by atoms with Gasteiger partial charge in [-0.3, -0.25) is 14.5 Å². The molecule has 0 aliphatic carbocycles. The molecule has 1 aromatic rings. The molecular formula is C22H36N6O6. The van der Waals surface area contributed by atoms with Gasteiger partial charge in [0, 0.05) is 24.7 Å². The number of hydrogen-bond donors (Lipinski definition) is 2. The summed E-state index contributed by atoms with van der Waals surface area (Å²) in [6, 6.07) is -0.167. The number of nitrogens with one attached hydrogen (secondary N) is 2. The maximum absolute atomic E-state index is 11.9. The smallest absolute Gasteiger partial charge is 0.314 e. The van der Waals surface area contributed by atoms with Crippen molar-refractivity contribution in [3.8, 4) is 0 Å². The monoisotopic (exact) mass is 480 g/mol. The van der Waals surface area contributed by atoms with Gasteiger partial charge in [0.25, 0.3) is 11.8 Å². The van der Waals surface area contributed by atoms with Gasteiger partial charge in [-0.2, -0.15) is 0 Å². The SMILES string of the molecule is CCCCCNC(=O)NCCOCCOCCOCCn1cc(CN2C(=O)C=C(C)C2=O)nn1. The molecule has 12 nitrogen and oxygen atoms in total. The maximum atomic E-state index is 11.9. The largest absolute Gasteiger partial charge is 0.377 e. The van der Waals surface area contributed by atoms with Gasteiger partial charge in [0.1, 0.15) is 5.69 Å². The van der Waals surface area contributed by atoms with Crippen LogP contribution in [0.1, 0.15) is 38.8 Å². The van der Waals surface area contributed by atoms with Gasteiger partial charge >= 0.3 is 6.03 Å². The van der Waals surface area contributed by atoms with Gasteiger partial charge in [-0.25, -0.2) is 9.48 Å². The van der Waals surface area contributed by atoms with E-state index in [4.69, 9.17) is 14.2 Å². The molecule has 0 fully saturated rings. The fourth-order valence-electron chi connectivity index (χ4n) is 3.05. The van der Waals surface area contributed by atoms with Gasteiger partial charge in [-0.1, -0.05) is 25.0 Å². The molecule has 0 aromatic carbocycles. The van der Waals surface area contributed by atoms with Crippen LogP contribution in [-0.2, 0) is 36.9 Å². The van der Waals surface area contributed by atoms with Crippen LogP contribution in [0.2, 0.25) is 0 Å². The van der Waals surface area contributed by atoms with Crippen LogP contribution in [0.3, 0.4) is 0 Å². The summed E-state index contributed by atoms with van der Waals surface area (Å²) >= 11 is 0. The van der Waals surface area contributed by atoms with Gasteiger partial charge in [0.05, 0.1) is 58.9 Å². The van der Waals surface area contributed by atoms with E-state index in [0.717, 1.165) is 24.2 Å². The molecule has 0 radical (unpaired) electrons. The summed E-state index contributed by atoms with van der Waals surface area (Å²) in [6.07, 6.45) is 6.25. The highest BCUT2D eigenvalue weighted by molar-refractivity contribution is 6.15. The van der Waals surface area contributed by atoms with Crippen molar-refractivity contribution in [1.82, 2.24) is 30.5 Å². The lowest BCUT2D eigenvalue weighted by atomic mass is 10.2. The van der Waals surface area contributed by atoms with Crippen LogP contribution >= 0.6 is 0 Å². The average Bonchev–Trinajstić information content (AvgIpc) is 3.36. The number of nitrogens with zero attached hydrogens (tertiary/aromatic N) is 4. The van der Waals surface area contributed by atoms with Crippen LogP contribution < -0.4 is 10.6 Å². The Bertz CT molecular complexity index is 812. The number of unbranched alkanes of at least 4 members (excludes halogenated alkanes) is 2. The third-order valence-corrected chi connectivity index (χ3v) is 4.90. The number of urea groups is 1. The number of amides is 4. The predicted molar refractivity (Wildman–Crippen MR) is 123 cm³/mol. The van der Waals surface area contributed by atoms with Crippen molar-refractivity contribution >= 4 is 17.8 Å². The third-order valence-electron chi connectivity index (χ3n) is 4.90. The topological polar surface area (TPSA) is 137 Å². The Morgan fingerprint density at radius 1 is 0.971 bits per heavy atom. The van der Waals surface area contributed by atoms with Crippen LogP contribution in [0.15, 0.2) is 17.8 Å². The van der Waals surface area contributed by atoms with Crippen molar-refractivity contribution in [3.05, 3.63) is 23.5 Å². The highest BCUT2D eigenvalue weighted by Crippen LogP contribution is 2.14. The van der Waals surface area contributed by atoms with E-state index in [1.165, 1.54) is 6.08 Å². The molecular weight excluding hydrogens is 444 g/mol. The molecule has 0 atom stereocenters. The van der Waals surface area contributed by atoms with Gasteiger partial charge in [-0.05, 0) is 13.3 Å². The lowest BCUT2D eigenvalue weighted by Gasteiger charge is -2.11. The van der Waals surface area contributed by atoms with Crippen molar-refractivity contribution in [2.45, 2.75) is 46.2 Å². The van der Waals surface area contributed by atoms with E-state index < -0.39 is 0 Å². The van der Waals surface area contributed by atoms with E-state index in [9.17, 15) is 14.4 Å². The molecule has 0 saturated heterocycles. The van der Waals surface area contributed by atoms with Crippen LogP contribution in [0, 0.1) is 0 Å². The number of rotatable bonds is 18. The van der Waals surface area contributed by atoms with Crippen molar-refractivity contribution in [3.63, 3.8) is 0 Å². The summed E-state index contributed by atoms with van der Waals surface area (Å²) in [5.41, 5.74) is 0.963. The summed E-state index contributed by atoms with van der Waals surface area (Å²) in [7, 11) is 0. The summed E-state index contributed by atoms with van der Waals surface area (Å²) < 4.78 is 18.0. The first kappa shape index (κ1) is 27.4. The summed E-state index contributed by atoms with van der Waals surface area (Å²) in [4.78, 5) is 36.3. The minimum Gasteiger partial charge on any atom is -0.377 e. The zero-order valence-electron chi connectivity index (χ0n) is 20.1. The molecule has 190 valence electrons. The Kier molecular flexibility index (Phi) is 12.8. The van der Waals surface area contributed by atoms with E-state index in [1.807, 2.05) is 0 Å². The molecule has 0 spiro atoms. The second-order valence-corrected chi connectivity index (χ2v) is 7.76. The van der Waals surface area contributed by atoms with E-state index in [-0.39, 0.29) is 24.4 Å². The summed E-state index contributed by atoms with van der Waals surface area (Å²) in [5, 5.41) is 13.5. The third kappa shape index (κ3) is 10.4. The second-order valence-electron chi connectivity index (χ2n) is 7.76. The van der Waals surface area contributed by atoms with Crippen molar-refractivity contribution in [2.24, 2.45) is 0 Å². The van der Waals surface area contributed by atoms with Crippen LogP contribution in [0.25, 0.3) is 0 Å². The lowest BCUT2D eigenvalue weighted by Crippen LogP contribution is -2.37. The predicted octanol–water partition coefficient (Wildman–Crippen LogP) is 0.632. The van der Waals surface area contributed by atoms with Gasteiger partial charge in [-0.15, -0.1) is 5.10 Å². The number of imide groups is 1. The fraction of sp³-hybridized carbons (Fsp3) is 0.682. The molecule has 1 aliphatic rings. The molecule has 0 bridgehead atoms. The molecule has 1 aliphatic heterocycles. The highest BCUT2D eigenvalue weighted by atomic mass is 16.5. The Labute approximate surface area is 200 Å². The fourth-order valence-corrected chi connectivity index (χ4v) is 3.05. The number of carbonyl (C=O) groups is 3. The number of aromatic nitrogens is 3. The van der Waals surface area contributed by atoms with Gasteiger partial charge in [0.15, 0.2) is 0 Å². The van der Waals surface area contributed by atoms with Crippen molar-refractivity contribution in [2.75, 3.05) is 52.7 Å². The standard InChI is InChI=1S/C22H36N6O6/c1-3-4-5-6-23-22(31)24-7-9-32-11-13-34-14-12-33-10-8-27-16-19(25-26-27)17-28-20(29)15-18(2)21(28)30/h15-16H,3-14,17H2,1-2H3,(H2,23,24,31). The molecule has 12 heteroatoms. The molecule has 2 N–H and O–H groups in total. The lowest BCUT2D eigenvalue weighted by molar-refractivity contribution is -0.137. The van der Waals surface area contributed by atoms with Crippen LogP contribution in [0.4, 0.5) is 4.79 Å². The Morgan fingerprint density at radius 3 is 2.32 bits per heavy atom.